The first-order valence-electron chi connectivity index (χ1n) is 3.95. The summed E-state index contributed by atoms with van der Waals surface area (Å²) in [4.78, 5) is 11.3. The molecule has 0 aromatic heterocycles. The third kappa shape index (κ3) is 2.17. The molecule has 1 aliphatic heterocycles. The lowest BCUT2D eigenvalue weighted by Gasteiger charge is -2.23. The summed E-state index contributed by atoms with van der Waals surface area (Å²) in [6.07, 6.45) is 1.83. The molecule has 0 unspecified atom stereocenters. The summed E-state index contributed by atoms with van der Waals surface area (Å²) >= 11 is 0. The standard InChI is InChI=1S/C7H15N3O/c1-10(8)7(11)6-2-4-9-5-3-6/h6,9H,2-5,8H2,1H3. The minimum atomic E-state index is 0.0616. The Morgan fingerprint density at radius 1 is 1.55 bits per heavy atom. The van der Waals surface area contributed by atoms with Crippen LogP contribution in [0.25, 0.3) is 0 Å². The average Bonchev–Trinajstić information content (AvgIpc) is 2.05. The van der Waals surface area contributed by atoms with Gasteiger partial charge in [-0.3, -0.25) is 9.80 Å². The number of hydrazine groups is 1. The van der Waals surface area contributed by atoms with Crippen LogP contribution in [0, 0.1) is 5.92 Å². The molecule has 4 nitrogen and oxygen atoms in total. The van der Waals surface area contributed by atoms with Crippen LogP contribution >= 0.6 is 0 Å². The van der Waals surface area contributed by atoms with Gasteiger partial charge in [0.15, 0.2) is 0 Å². The second-order valence-electron chi connectivity index (χ2n) is 2.97. The third-order valence-corrected chi connectivity index (χ3v) is 2.04. The predicted molar refractivity (Wildman–Crippen MR) is 42.6 cm³/mol. The molecule has 0 aromatic carbocycles. The summed E-state index contributed by atoms with van der Waals surface area (Å²) in [6.45, 7) is 1.87. The zero-order chi connectivity index (χ0) is 8.27. The maximum atomic E-state index is 11.3. The Morgan fingerprint density at radius 2 is 2.09 bits per heavy atom. The first kappa shape index (κ1) is 8.49. The van der Waals surface area contributed by atoms with Crippen LogP contribution in [0.15, 0.2) is 0 Å². The minimum absolute atomic E-state index is 0.0616. The van der Waals surface area contributed by atoms with E-state index < -0.39 is 0 Å². The fourth-order valence-corrected chi connectivity index (χ4v) is 1.36. The number of nitrogens with zero attached hydrogens (tertiary/aromatic N) is 1. The molecule has 64 valence electrons. The van der Waals surface area contributed by atoms with E-state index in [-0.39, 0.29) is 11.8 Å². The van der Waals surface area contributed by atoms with Gasteiger partial charge in [0, 0.05) is 13.0 Å². The normalized spacial score (nSPS) is 19.8. The molecule has 0 bridgehead atoms. The van der Waals surface area contributed by atoms with Crippen molar-refractivity contribution in [3.8, 4) is 0 Å². The van der Waals surface area contributed by atoms with Crippen LogP contribution in [-0.4, -0.2) is 31.1 Å². The van der Waals surface area contributed by atoms with Crippen molar-refractivity contribution in [1.82, 2.24) is 10.3 Å². The molecule has 3 N–H and O–H groups in total. The van der Waals surface area contributed by atoms with E-state index in [9.17, 15) is 4.79 Å². The van der Waals surface area contributed by atoms with Gasteiger partial charge in [-0.15, -0.1) is 0 Å². The van der Waals surface area contributed by atoms with Crippen LogP contribution in [0.2, 0.25) is 0 Å². The maximum absolute atomic E-state index is 11.3. The summed E-state index contributed by atoms with van der Waals surface area (Å²) in [5, 5.41) is 4.39. The van der Waals surface area contributed by atoms with Gasteiger partial charge in [-0.1, -0.05) is 0 Å². The summed E-state index contributed by atoms with van der Waals surface area (Å²) in [5.74, 6) is 5.54. The van der Waals surface area contributed by atoms with Gasteiger partial charge < -0.3 is 5.32 Å². The van der Waals surface area contributed by atoms with Crippen LogP contribution in [0.1, 0.15) is 12.8 Å². The van der Waals surface area contributed by atoms with E-state index in [1.807, 2.05) is 0 Å². The van der Waals surface area contributed by atoms with Crippen molar-refractivity contribution >= 4 is 5.91 Å². The van der Waals surface area contributed by atoms with E-state index in [1.165, 1.54) is 5.01 Å². The van der Waals surface area contributed by atoms with Crippen molar-refractivity contribution in [1.29, 1.82) is 0 Å². The van der Waals surface area contributed by atoms with Gasteiger partial charge in [-0.2, -0.15) is 0 Å². The lowest BCUT2D eigenvalue weighted by molar-refractivity contribution is -0.135. The first-order chi connectivity index (χ1) is 5.22. The zero-order valence-corrected chi connectivity index (χ0v) is 6.84. The van der Waals surface area contributed by atoms with E-state index in [0.29, 0.717) is 0 Å². The Morgan fingerprint density at radius 3 is 2.55 bits per heavy atom. The Labute approximate surface area is 66.7 Å². The fourth-order valence-electron chi connectivity index (χ4n) is 1.36. The van der Waals surface area contributed by atoms with Crippen LogP contribution in [0.4, 0.5) is 0 Å². The lowest BCUT2D eigenvalue weighted by Crippen LogP contribution is -2.42. The SMILES string of the molecule is CN(N)C(=O)C1CCNCC1. The topological polar surface area (TPSA) is 58.4 Å². The number of carbonyl (C=O) groups is 1. The van der Waals surface area contributed by atoms with Gasteiger partial charge in [0.1, 0.15) is 0 Å². The van der Waals surface area contributed by atoms with E-state index in [0.717, 1.165) is 25.9 Å². The number of carbonyl (C=O) groups excluding carboxylic acids is 1. The van der Waals surface area contributed by atoms with Gasteiger partial charge in [0.2, 0.25) is 5.91 Å². The van der Waals surface area contributed by atoms with Crippen LogP contribution in [0.5, 0.6) is 0 Å². The molecule has 1 fully saturated rings. The van der Waals surface area contributed by atoms with Crippen molar-refractivity contribution in [3.05, 3.63) is 0 Å². The number of hydrogen-bond acceptors (Lipinski definition) is 3. The largest absolute Gasteiger partial charge is 0.317 e. The van der Waals surface area contributed by atoms with Crippen LogP contribution in [-0.2, 0) is 4.79 Å². The molecule has 1 amide bonds. The fraction of sp³-hybridized carbons (Fsp3) is 0.857. The molecule has 0 saturated carbocycles. The number of hydrogen-bond donors (Lipinski definition) is 2. The summed E-state index contributed by atoms with van der Waals surface area (Å²) < 4.78 is 0. The molecule has 1 rings (SSSR count). The average molecular weight is 157 g/mol. The molecule has 0 aromatic rings. The van der Waals surface area contributed by atoms with Crippen molar-refractivity contribution in [2.24, 2.45) is 11.8 Å². The van der Waals surface area contributed by atoms with Gasteiger partial charge in [0.05, 0.1) is 0 Å². The zero-order valence-electron chi connectivity index (χ0n) is 6.84. The molecule has 0 atom stereocenters. The van der Waals surface area contributed by atoms with Crippen LogP contribution in [0.3, 0.4) is 0 Å². The smallest absolute Gasteiger partial charge is 0.239 e. The summed E-state index contributed by atoms with van der Waals surface area (Å²) in [7, 11) is 1.60. The van der Waals surface area contributed by atoms with Crippen molar-refractivity contribution in [2.75, 3.05) is 20.1 Å². The van der Waals surface area contributed by atoms with Gasteiger partial charge in [-0.05, 0) is 25.9 Å². The molecule has 0 radical (unpaired) electrons. The van der Waals surface area contributed by atoms with Gasteiger partial charge in [-0.25, -0.2) is 5.84 Å². The number of rotatable bonds is 1. The quantitative estimate of drug-likeness (QED) is 0.301. The number of nitrogens with two attached hydrogens (primary N) is 1. The first-order valence-corrected chi connectivity index (χ1v) is 3.95. The highest BCUT2D eigenvalue weighted by atomic mass is 16.2. The Kier molecular flexibility index (Phi) is 2.84. The van der Waals surface area contributed by atoms with Crippen molar-refractivity contribution in [3.63, 3.8) is 0 Å². The van der Waals surface area contributed by atoms with Gasteiger partial charge in [0.25, 0.3) is 0 Å². The molecular weight excluding hydrogens is 142 g/mol. The molecule has 1 saturated heterocycles. The second kappa shape index (κ2) is 3.69. The lowest BCUT2D eigenvalue weighted by atomic mass is 9.97. The minimum Gasteiger partial charge on any atom is -0.317 e. The summed E-state index contributed by atoms with van der Waals surface area (Å²) in [6, 6.07) is 0. The number of piperidine rings is 1. The Bertz CT molecular complexity index is 141. The van der Waals surface area contributed by atoms with Crippen LogP contribution < -0.4 is 11.2 Å². The monoisotopic (exact) mass is 157 g/mol. The van der Waals surface area contributed by atoms with Crippen molar-refractivity contribution < 1.29 is 4.79 Å². The van der Waals surface area contributed by atoms with E-state index >= 15 is 0 Å². The molecular formula is C7H15N3O. The van der Waals surface area contributed by atoms with E-state index in [1.54, 1.807) is 7.05 Å². The molecule has 4 heteroatoms. The molecule has 1 aliphatic rings. The van der Waals surface area contributed by atoms with Gasteiger partial charge >= 0.3 is 0 Å². The number of nitrogens with one attached hydrogen (secondary N) is 1. The molecule has 1 heterocycles. The highest BCUT2D eigenvalue weighted by Crippen LogP contribution is 2.12. The Hall–Kier alpha value is -0.610. The second-order valence-corrected chi connectivity index (χ2v) is 2.97. The predicted octanol–water partition coefficient (Wildman–Crippen LogP) is -0.682. The van der Waals surface area contributed by atoms with E-state index in [4.69, 9.17) is 5.84 Å². The molecule has 11 heavy (non-hydrogen) atoms. The number of amides is 1. The third-order valence-electron chi connectivity index (χ3n) is 2.04. The Balaban J connectivity index is 2.39. The molecule has 0 spiro atoms. The van der Waals surface area contributed by atoms with E-state index in [2.05, 4.69) is 5.32 Å². The highest BCUT2D eigenvalue weighted by molar-refractivity contribution is 5.78. The maximum Gasteiger partial charge on any atom is 0.239 e. The van der Waals surface area contributed by atoms with Crippen molar-refractivity contribution in [2.45, 2.75) is 12.8 Å². The molecule has 0 aliphatic carbocycles. The summed E-state index contributed by atoms with van der Waals surface area (Å²) in [5.41, 5.74) is 0. The highest BCUT2D eigenvalue weighted by Gasteiger charge is 2.22.